The van der Waals surface area contributed by atoms with Crippen LogP contribution in [0.3, 0.4) is 0 Å². The highest BCUT2D eigenvalue weighted by Crippen LogP contribution is 2.38. The van der Waals surface area contributed by atoms with E-state index >= 15 is 0 Å². The maximum atomic E-state index is 4.83. The van der Waals surface area contributed by atoms with E-state index in [0.717, 1.165) is 35.6 Å². The summed E-state index contributed by atoms with van der Waals surface area (Å²) in [5, 5.41) is 0. The number of hydrogen-bond acceptors (Lipinski definition) is 4. The van der Waals surface area contributed by atoms with Gasteiger partial charge in [0.15, 0.2) is 0 Å². The van der Waals surface area contributed by atoms with Crippen molar-refractivity contribution in [1.29, 1.82) is 0 Å². The standard InChI is InChI=1S/C21H27BrN4/c1-25(20-10-12-23-21(24-20)17-6-7-17)19-3-2-13-26(15-19)14-11-16-4-8-18(22)9-5-16/h4-5,8-10,12,17,19H,2-3,6-7,11,13-15H2,1H3. The molecule has 0 radical (unpaired) electrons. The van der Waals surface area contributed by atoms with Crippen LogP contribution < -0.4 is 4.90 Å². The lowest BCUT2D eigenvalue weighted by atomic mass is 10.0. The first-order valence-corrected chi connectivity index (χ1v) is 10.5. The molecular formula is C21H27BrN4. The van der Waals surface area contributed by atoms with Crippen LogP contribution in [-0.4, -0.2) is 47.6 Å². The maximum Gasteiger partial charge on any atom is 0.133 e. The van der Waals surface area contributed by atoms with Crippen LogP contribution >= 0.6 is 15.9 Å². The van der Waals surface area contributed by atoms with E-state index in [-0.39, 0.29) is 0 Å². The molecule has 0 bridgehead atoms. The third-order valence-electron chi connectivity index (χ3n) is 5.62. The van der Waals surface area contributed by atoms with Gasteiger partial charge in [-0.1, -0.05) is 28.1 Å². The SMILES string of the molecule is CN(c1ccnc(C2CC2)n1)C1CCCN(CCc2ccc(Br)cc2)C1. The second kappa shape index (κ2) is 8.05. The monoisotopic (exact) mass is 414 g/mol. The molecule has 4 rings (SSSR count). The molecule has 1 saturated carbocycles. The fraction of sp³-hybridized carbons (Fsp3) is 0.524. The van der Waals surface area contributed by atoms with Crippen molar-refractivity contribution in [2.75, 3.05) is 31.6 Å². The Bertz CT molecular complexity index is 729. The van der Waals surface area contributed by atoms with Crippen molar-refractivity contribution < 1.29 is 0 Å². The van der Waals surface area contributed by atoms with Crippen LogP contribution in [-0.2, 0) is 6.42 Å². The van der Waals surface area contributed by atoms with Gasteiger partial charge in [0.25, 0.3) is 0 Å². The highest BCUT2D eigenvalue weighted by Gasteiger charge is 2.28. The van der Waals surface area contributed by atoms with Crippen LogP contribution in [0.5, 0.6) is 0 Å². The van der Waals surface area contributed by atoms with Crippen molar-refractivity contribution in [3.63, 3.8) is 0 Å². The Morgan fingerprint density at radius 2 is 1.96 bits per heavy atom. The van der Waals surface area contributed by atoms with Gasteiger partial charge in [0.1, 0.15) is 11.6 Å². The van der Waals surface area contributed by atoms with Gasteiger partial charge in [-0.3, -0.25) is 0 Å². The highest BCUT2D eigenvalue weighted by atomic mass is 79.9. The fourth-order valence-corrected chi connectivity index (χ4v) is 4.04. The number of hydrogen-bond donors (Lipinski definition) is 0. The van der Waals surface area contributed by atoms with Crippen LogP contribution in [0.2, 0.25) is 0 Å². The van der Waals surface area contributed by atoms with Crippen LogP contribution in [0.1, 0.15) is 43.0 Å². The summed E-state index contributed by atoms with van der Waals surface area (Å²) in [7, 11) is 2.20. The lowest BCUT2D eigenvalue weighted by Gasteiger charge is -2.38. The predicted octanol–water partition coefficient (Wildman–Crippen LogP) is 4.26. The molecule has 1 saturated heterocycles. The summed E-state index contributed by atoms with van der Waals surface area (Å²) in [4.78, 5) is 14.3. The molecule has 2 aliphatic rings. The average molecular weight is 415 g/mol. The van der Waals surface area contributed by atoms with Crippen LogP contribution in [0.25, 0.3) is 0 Å². The van der Waals surface area contributed by atoms with Gasteiger partial charge in [-0.05, 0) is 62.4 Å². The Labute approximate surface area is 164 Å². The van der Waals surface area contributed by atoms with Crippen molar-refractivity contribution in [1.82, 2.24) is 14.9 Å². The second-order valence-electron chi connectivity index (χ2n) is 7.63. The van der Waals surface area contributed by atoms with Crippen molar-refractivity contribution in [3.8, 4) is 0 Å². The number of anilines is 1. The Morgan fingerprint density at radius 3 is 2.73 bits per heavy atom. The van der Waals surface area contributed by atoms with Crippen LogP contribution in [0, 0.1) is 0 Å². The van der Waals surface area contributed by atoms with Crippen LogP contribution in [0.4, 0.5) is 5.82 Å². The van der Waals surface area contributed by atoms with E-state index in [2.05, 4.69) is 68.1 Å². The summed E-state index contributed by atoms with van der Waals surface area (Å²) in [5.74, 6) is 2.73. The molecule has 2 fully saturated rings. The number of likely N-dealkylation sites (tertiary alicyclic amines) is 1. The van der Waals surface area contributed by atoms with E-state index in [1.165, 1.54) is 37.8 Å². The summed E-state index contributed by atoms with van der Waals surface area (Å²) >= 11 is 3.51. The molecule has 1 aromatic heterocycles. The van der Waals surface area contributed by atoms with Gasteiger partial charge in [-0.25, -0.2) is 9.97 Å². The minimum absolute atomic E-state index is 0.538. The highest BCUT2D eigenvalue weighted by molar-refractivity contribution is 9.10. The summed E-state index contributed by atoms with van der Waals surface area (Å²) in [6, 6.07) is 11.3. The molecule has 0 amide bonds. The van der Waals surface area contributed by atoms with Gasteiger partial charge in [0, 0.05) is 42.8 Å². The van der Waals surface area contributed by atoms with Crippen molar-refractivity contribution in [2.24, 2.45) is 0 Å². The number of benzene rings is 1. The van der Waals surface area contributed by atoms with E-state index in [1.54, 1.807) is 0 Å². The minimum atomic E-state index is 0.538. The number of likely N-dealkylation sites (N-methyl/N-ethyl adjacent to an activating group) is 1. The van der Waals surface area contributed by atoms with E-state index < -0.39 is 0 Å². The molecule has 2 heterocycles. The fourth-order valence-electron chi connectivity index (χ4n) is 3.77. The zero-order valence-electron chi connectivity index (χ0n) is 15.4. The maximum absolute atomic E-state index is 4.83. The van der Waals surface area contributed by atoms with E-state index in [0.29, 0.717) is 12.0 Å². The Balaban J connectivity index is 1.35. The molecule has 1 atom stereocenters. The molecule has 5 heteroatoms. The van der Waals surface area contributed by atoms with Crippen LogP contribution in [0.15, 0.2) is 41.0 Å². The zero-order valence-corrected chi connectivity index (χ0v) is 17.0. The third kappa shape index (κ3) is 4.44. The number of halogens is 1. The largest absolute Gasteiger partial charge is 0.355 e. The second-order valence-corrected chi connectivity index (χ2v) is 8.55. The summed E-state index contributed by atoms with van der Waals surface area (Å²) < 4.78 is 1.15. The van der Waals surface area contributed by atoms with Gasteiger partial charge in [-0.2, -0.15) is 0 Å². The Kier molecular flexibility index (Phi) is 5.55. The molecule has 0 spiro atoms. The molecule has 1 unspecified atom stereocenters. The Morgan fingerprint density at radius 1 is 1.15 bits per heavy atom. The van der Waals surface area contributed by atoms with Gasteiger partial charge in [-0.15, -0.1) is 0 Å². The zero-order chi connectivity index (χ0) is 17.9. The Hall–Kier alpha value is -1.46. The molecule has 4 nitrogen and oxygen atoms in total. The topological polar surface area (TPSA) is 32.3 Å². The smallest absolute Gasteiger partial charge is 0.133 e. The van der Waals surface area contributed by atoms with Crippen molar-refractivity contribution in [2.45, 2.75) is 44.1 Å². The summed E-state index contributed by atoms with van der Waals surface area (Å²) in [6.45, 7) is 3.46. The normalized spacial score (nSPS) is 20.9. The van der Waals surface area contributed by atoms with E-state index in [1.807, 2.05) is 6.20 Å². The minimum Gasteiger partial charge on any atom is -0.355 e. The molecule has 138 valence electrons. The first kappa shape index (κ1) is 17.9. The van der Waals surface area contributed by atoms with Crippen molar-refractivity contribution >= 4 is 21.7 Å². The van der Waals surface area contributed by atoms with E-state index in [4.69, 9.17) is 4.98 Å². The molecule has 2 aromatic rings. The number of rotatable bonds is 6. The molecular weight excluding hydrogens is 388 g/mol. The predicted molar refractivity (Wildman–Crippen MR) is 110 cm³/mol. The van der Waals surface area contributed by atoms with Gasteiger partial charge in [0.2, 0.25) is 0 Å². The molecule has 26 heavy (non-hydrogen) atoms. The molecule has 1 aromatic carbocycles. The number of aromatic nitrogens is 2. The van der Waals surface area contributed by atoms with Gasteiger partial charge in [0.05, 0.1) is 0 Å². The summed E-state index contributed by atoms with van der Waals surface area (Å²) in [6.07, 6.45) is 8.05. The first-order valence-electron chi connectivity index (χ1n) is 9.71. The first-order chi connectivity index (χ1) is 12.7. The lowest BCUT2D eigenvalue weighted by molar-refractivity contribution is 0.208. The van der Waals surface area contributed by atoms with Crippen molar-refractivity contribution in [3.05, 3.63) is 52.4 Å². The van der Waals surface area contributed by atoms with Gasteiger partial charge >= 0.3 is 0 Å². The number of nitrogens with zero attached hydrogens (tertiary/aromatic N) is 4. The molecule has 1 aliphatic carbocycles. The quantitative estimate of drug-likeness (QED) is 0.706. The third-order valence-corrected chi connectivity index (χ3v) is 6.15. The van der Waals surface area contributed by atoms with E-state index in [9.17, 15) is 0 Å². The average Bonchev–Trinajstić information content (AvgIpc) is 3.53. The lowest BCUT2D eigenvalue weighted by Crippen LogP contribution is -2.47. The molecule has 0 N–H and O–H groups in total. The number of piperidine rings is 1. The molecule has 1 aliphatic heterocycles. The van der Waals surface area contributed by atoms with Gasteiger partial charge < -0.3 is 9.80 Å². The summed E-state index contributed by atoms with van der Waals surface area (Å²) in [5.41, 5.74) is 1.41.